The lowest BCUT2D eigenvalue weighted by Crippen LogP contribution is -1.99. The van der Waals surface area contributed by atoms with Crippen LogP contribution in [-0.4, -0.2) is 16.5 Å². The number of halogens is 1. The van der Waals surface area contributed by atoms with Crippen LogP contribution < -0.4 is 5.73 Å². The summed E-state index contributed by atoms with van der Waals surface area (Å²) in [6, 6.07) is 0. The van der Waals surface area contributed by atoms with E-state index < -0.39 is 0 Å². The molecule has 1 aromatic rings. The third-order valence-electron chi connectivity index (χ3n) is 1.44. The minimum absolute atomic E-state index is 0.294. The molecule has 0 unspecified atom stereocenters. The maximum Gasteiger partial charge on any atom is 0.0912 e. The Labute approximate surface area is 65.0 Å². The lowest BCUT2D eigenvalue weighted by atomic mass is 10.4. The van der Waals surface area contributed by atoms with E-state index in [2.05, 4.69) is 5.10 Å². The molecule has 0 aliphatic heterocycles. The molecule has 0 radical (unpaired) electrons. The Kier molecular flexibility index (Phi) is 3.04. The minimum Gasteiger partial charge on any atom is -0.326 e. The molecule has 0 aliphatic carbocycles. The Morgan fingerprint density at radius 3 is 3.00 bits per heavy atom. The molecule has 2 N–H and O–H groups in total. The Morgan fingerprint density at radius 1 is 1.64 bits per heavy atom. The van der Waals surface area contributed by atoms with Crippen molar-refractivity contribution in [1.82, 2.24) is 9.78 Å². The zero-order valence-corrected chi connectivity index (χ0v) is 6.33. The lowest BCUT2D eigenvalue weighted by Gasteiger charge is -1.95. The molecule has 0 bridgehead atoms. The van der Waals surface area contributed by atoms with Gasteiger partial charge in [0.1, 0.15) is 0 Å². The van der Waals surface area contributed by atoms with Crippen molar-refractivity contribution in [1.29, 1.82) is 0 Å². The highest BCUT2D eigenvalue weighted by Crippen LogP contribution is 1.96. The molecule has 0 aliphatic rings. The Hall–Kier alpha value is -0.900. The van der Waals surface area contributed by atoms with Crippen molar-refractivity contribution in [3.63, 3.8) is 0 Å². The number of nitrogens with zero attached hydrogens (tertiary/aromatic N) is 2. The van der Waals surface area contributed by atoms with E-state index in [-0.39, 0.29) is 6.67 Å². The van der Waals surface area contributed by atoms with Crippen LogP contribution in [0.3, 0.4) is 0 Å². The predicted octanol–water partition coefficient (Wildman–Crippen LogP) is 0.701. The van der Waals surface area contributed by atoms with E-state index >= 15 is 0 Å². The van der Waals surface area contributed by atoms with Gasteiger partial charge in [0.15, 0.2) is 0 Å². The highest BCUT2D eigenvalue weighted by molar-refractivity contribution is 5.02. The summed E-state index contributed by atoms with van der Waals surface area (Å²) < 4.78 is 13.4. The summed E-state index contributed by atoms with van der Waals surface area (Å²) in [7, 11) is 0. The van der Waals surface area contributed by atoms with Gasteiger partial charge in [0, 0.05) is 24.8 Å². The van der Waals surface area contributed by atoms with Gasteiger partial charge in [0.05, 0.1) is 12.9 Å². The summed E-state index contributed by atoms with van der Waals surface area (Å²) in [6.45, 7) is 0.837. The molecule has 0 atom stereocenters. The number of alkyl halides is 1. The molecule has 0 saturated carbocycles. The first kappa shape index (κ1) is 8.20. The van der Waals surface area contributed by atoms with Crippen molar-refractivity contribution >= 4 is 0 Å². The molecule has 3 nitrogen and oxygen atoms in total. The number of nitrogens with two attached hydrogens (primary N) is 1. The van der Waals surface area contributed by atoms with Gasteiger partial charge in [-0.2, -0.15) is 5.10 Å². The summed E-state index contributed by atoms with van der Waals surface area (Å²) >= 11 is 0. The predicted molar refractivity (Wildman–Crippen MR) is 40.7 cm³/mol. The number of aryl methyl sites for hydroxylation is 1. The van der Waals surface area contributed by atoms with Gasteiger partial charge in [-0.05, 0) is 6.42 Å². The number of hydrogen-bond donors (Lipinski definition) is 1. The van der Waals surface area contributed by atoms with Crippen molar-refractivity contribution in [2.75, 3.05) is 6.67 Å². The highest BCUT2D eigenvalue weighted by atomic mass is 19.1. The molecule has 0 spiro atoms. The van der Waals surface area contributed by atoms with E-state index in [0.717, 1.165) is 5.56 Å². The number of aromatic nitrogens is 2. The highest BCUT2D eigenvalue weighted by Gasteiger charge is 1.94. The van der Waals surface area contributed by atoms with Gasteiger partial charge in [0.25, 0.3) is 0 Å². The minimum atomic E-state index is -0.294. The van der Waals surface area contributed by atoms with Crippen LogP contribution in [0, 0.1) is 0 Å². The van der Waals surface area contributed by atoms with E-state index in [0.29, 0.717) is 19.5 Å². The van der Waals surface area contributed by atoms with Gasteiger partial charge < -0.3 is 5.73 Å². The number of rotatable bonds is 4. The smallest absolute Gasteiger partial charge is 0.0912 e. The second kappa shape index (κ2) is 4.08. The molecule has 0 amide bonds. The molecular weight excluding hydrogens is 145 g/mol. The second-order valence-electron chi connectivity index (χ2n) is 2.36. The Bertz CT molecular complexity index is 209. The summed E-state index contributed by atoms with van der Waals surface area (Å²) in [5.41, 5.74) is 6.35. The summed E-state index contributed by atoms with van der Waals surface area (Å²) in [6.07, 6.45) is 4.07. The van der Waals surface area contributed by atoms with E-state index in [1.807, 2.05) is 6.20 Å². The standard InChI is InChI=1S/C7H12FN3/c8-2-1-3-11-6-7(4-9)5-10-11/h5-6H,1-4,9H2. The van der Waals surface area contributed by atoms with Crippen LogP contribution in [0.15, 0.2) is 12.4 Å². The molecule has 1 aromatic heterocycles. The van der Waals surface area contributed by atoms with Crippen molar-refractivity contribution < 1.29 is 4.39 Å². The van der Waals surface area contributed by atoms with Crippen LogP contribution in [0.25, 0.3) is 0 Å². The molecule has 0 fully saturated rings. The quantitative estimate of drug-likeness (QED) is 0.699. The van der Waals surface area contributed by atoms with Crippen molar-refractivity contribution in [3.05, 3.63) is 18.0 Å². The number of hydrogen-bond acceptors (Lipinski definition) is 2. The Morgan fingerprint density at radius 2 is 2.45 bits per heavy atom. The van der Waals surface area contributed by atoms with Crippen LogP contribution in [0.5, 0.6) is 0 Å². The maximum atomic E-state index is 11.7. The summed E-state index contributed by atoms with van der Waals surface area (Å²) in [4.78, 5) is 0. The zero-order valence-electron chi connectivity index (χ0n) is 6.33. The van der Waals surface area contributed by atoms with Gasteiger partial charge in [-0.1, -0.05) is 0 Å². The summed E-state index contributed by atoms with van der Waals surface area (Å²) in [5, 5.41) is 3.99. The Balaban J connectivity index is 2.44. The topological polar surface area (TPSA) is 43.8 Å². The van der Waals surface area contributed by atoms with E-state index in [4.69, 9.17) is 5.73 Å². The molecule has 4 heteroatoms. The maximum absolute atomic E-state index is 11.7. The van der Waals surface area contributed by atoms with Crippen LogP contribution in [0.4, 0.5) is 4.39 Å². The van der Waals surface area contributed by atoms with Gasteiger partial charge in [-0.25, -0.2) is 0 Å². The molecule has 1 heterocycles. The average Bonchev–Trinajstić information content (AvgIpc) is 2.48. The zero-order chi connectivity index (χ0) is 8.10. The van der Waals surface area contributed by atoms with Gasteiger partial charge in [-0.15, -0.1) is 0 Å². The fourth-order valence-electron chi connectivity index (χ4n) is 0.856. The van der Waals surface area contributed by atoms with E-state index in [9.17, 15) is 4.39 Å². The monoisotopic (exact) mass is 157 g/mol. The van der Waals surface area contributed by atoms with Crippen LogP contribution in [-0.2, 0) is 13.1 Å². The molecule has 0 aromatic carbocycles. The largest absolute Gasteiger partial charge is 0.326 e. The summed E-state index contributed by atoms with van der Waals surface area (Å²) in [5.74, 6) is 0. The van der Waals surface area contributed by atoms with Gasteiger partial charge in [-0.3, -0.25) is 9.07 Å². The normalized spacial score (nSPS) is 10.4. The first-order chi connectivity index (χ1) is 5.36. The average molecular weight is 157 g/mol. The second-order valence-corrected chi connectivity index (χ2v) is 2.36. The first-order valence-corrected chi connectivity index (χ1v) is 3.64. The van der Waals surface area contributed by atoms with Crippen molar-refractivity contribution in [2.45, 2.75) is 19.5 Å². The van der Waals surface area contributed by atoms with E-state index in [1.165, 1.54) is 0 Å². The van der Waals surface area contributed by atoms with E-state index in [1.54, 1.807) is 10.9 Å². The fraction of sp³-hybridized carbons (Fsp3) is 0.571. The molecule has 1 rings (SSSR count). The van der Waals surface area contributed by atoms with Crippen LogP contribution in [0.2, 0.25) is 0 Å². The van der Waals surface area contributed by atoms with Crippen molar-refractivity contribution in [3.8, 4) is 0 Å². The fourth-order valence-corrected chi connectivity index (χ4v) is 0.856. The third-order valence-corrected chi connectivity index (χ3v) is 1.44. The molecule has 62 valence electrons. The molecule has 0 saturated heterocycles. The lowest BCUT2D eigenvalue weighted by molar-refractivity contribution is 0.434. The molecule has 11 heavy (non-hydrogen) atoms. The third kappa shape index (κ3) is 2.31. The van der Waals surface area contributed by atoms with Gasteiger partial charge in [0.2, 0.25) is 0 Å². The van der Waals surface area contributed by atoms with Gasteiger partial charge >= 0.3 is 0 Å². The SMILES string of the molecule is NCc1cnn(CCCF)c1. The van der Waals surface area contributed by atoms with Crippen molar-refractivity contribution in [2.24, 2.45) is 5.73 Å². The first-order valence-electron chi connectivity index (χ1n) is 3.64. The van der Waals surface area contributed by atoms with Crippen LogP contribution in [0.1, 0.15) is 12.0 Å². The molecular formula is C7H12FN3. The van der Waals surface area contributed by atoms with Crippen LogP contribution >= 0.6 is 0 Å².